The van der Waals surface area contributed by atoms with E-state index >= 15 is 0 Å². The van der Waals surface area contributed by atoms with Gasteiger partial charge in [0.05, 0.1) is 22.6 Å². The van der Waals surface area contributed by atoms with Crippen molar-refractivity contribution in [3.63, 3.8) is 0 Å². The number of amides is 1. The van der Waals surface area contributed by atoms with Crippen molar-refractivity contribution < 1.29 is 9.53 Å². The van der Waals surface area contributed by atoms with E-state index in [1.54, 1.807) is 37.2 Å². The zero-order valence-electron chi connectivity index (χ0n) is 9.98. The number of aryl methyl sites for hydroxylation is 1. The summed E-state index contributed by atoms with van der Waals surface area (Å²) in [6, 6.07) is 7.28. The van der Waals surface area contributed by atoms with Crippen molar-refractivity contribution in [2.24, 2.45) is 7.05 Å². The number of aromatic nitrogens is 2. The van der Waals surface area contributed by atoms with E-state index in [1.165, 1.54) is 0 Å². The van der Waals surface area contributed by atoms with Gasteiger partial charge in [-0.2, -0.15) is 5.10 Å². The number of nitrogens with one attached hydrogen (secondary N) is 1. The standard InChI is InChI=1S/C12H12IN3O2/c1-16-11(8(13)7-14-16)12(17)15-9-5-3-4-6-10(9)18-2/h3-7H,1-2H3,(H,15,17). The molecule has 1 aromatic carbocycles. The number of carbonyl (C=O) groups excluding carboxylic acids is 1. The lowest BCUT2D eigenvalue weighted by Crippen LogP contribution is -2.17. The maximum Gasteiger partial charge on any atom is 0.275 e. The molecule has 2 aromatic rings. The third kappa shape index (κ3) is 2.47. The molecule has 1 heterocycles. The van der Waals surface area contributed by atoms with Crippen LogP contribution in [0.1, 0.15) is 10.5 Å². The molecule has 5 nitrogen and oxygen atoms in total. The lowest BCUT2D eigenvalue weighted by Gasteiger charge is -2.10. The van der Waals surface area contributed by atoms with Crippen LogP contribution in [0.2, 0.25) is 0 Å². The number of nitrogens with zero attached hydrogens (tertiary/aromatic N) is 2. The van der Waals surface area contributed by atoms with Crippen LogP contribution in [-0.4, -0.2) is 22.8 Å². The van der Waals surface area contributed by atoms with E-state index in [1.807, 2.05) is 12.1 Å². The predicted molar refractivity (Wildman–Crippen MR) is 76.9 cm³/mol. The molecule has 6 heteroatoms. The maximum absolute atomic E-state index is 12.2. The van der Waals surface area contributed by atoms with Gasteiger partial charge in [0.2, 0.25) is 0 Å². The molecule has 0 aliphatic heterocycles. The van der Waals surface area contributed by atoms with Crippen LogP contribution in [0.4, 0.5) is 5.69 Å². The molecule has 0 aliphatic carbocycles. The molecular formula is C12H12IN3O2. The Morgan fingerprint density at radius 3 is 2.78 bits per heavy atom. The summed E-state index contributed by atoms with van der Waals surface area (Å²) in [4.78, 5) is 12.2. The van der Waals surface area contributed by atoms with Gasteiger partial charge < -0.3 is 10.1 Å². The summed E-state index contributed by atoms with van der Waals surface area (Å²) in [7, 11) is 3.30. The molecule has 0 aliphatic rings. The molecule has 0 bridgehead atoms. The first-order valence-electron chi connectivity index (χ1n) is 5.25. The van der Waals surface area contributed by atoms with Gasteiger partial charge in [0.1, 0.15) is 11.4 Å². The Morgan fingerprint density at radius 2 is 2.17 bits per heavy atom. The minimum Gasteiger partial charge on any atom is -0.495 e. The van der Waals surface area contributed by atoms with Crippen LogP contribution in [0, 0.1) is 3.57 Å². The number of hydrogen-bond donors (Lipinski definition) is 1. The lowest BCUT2D eigenvalue weighted by molar-refractivity contribution is 0.101. The largest absolute Gasteiger partial charge is 0.495 e. The van der Waals surface area contributed by atoms with Gasteiger partial charge in [-0.1, -0.05) is 12.1 Å². The van der Waals surface area contributed by atoms with Crippen LogP contribution in [0.15, 0.2) is 30.5 Å². The van der Waals surface area contributed by atoms with E-state index in [0.717, 1.165) is 3.57 Å². The summed E-state index contributed by atoms with van der Waals surface area (Å²) in [5.41, 5.74) is 1.17. The summed E-state index contributed by atoms with van der Waals surface area (Å²) in [5.74, 6) is 0.423. The van der Waals surface area contributed by atoms with Gasteiger partial charge in [0.25, 0.3) is 5.91 Å². The number of anilines is 1. The molecule has 0 unspecified atom stereocenters. The summed E-state index contributed by atoms with van der Waals surface area (Å²) in [5, 5.41) is 6.85. The van der Waals surface area contributed by atoms with Crippen molar-refractivity contribution >= 4 is 34.2 Å². The van der Waals surface area contributed by atoms with Crippen molar-refractivity contribution in [3.8, 4) is 5.75 Å². The summed E-state index contributed by atoms with van der Waals surface area (Å²) in [6.45, 7) is 0. The van der Waals surface area contributed by atoms with E-state index in [2.05, 4.69) is 33.0 Å². The highest BCUT2D eigenvalue weighted by Gasteiger charge is 2.16. The molecule has 1 amide bonds. The number of methoxy groups -OCH3 is 1. The Balaban J connectivity index is 2.27. The Morgan fingerprint density at radius 1 is 1.44 bits per heavy atom. The first-order valence-corrected chi connectivity index (χ1v) is 6.33. The normalized spacial score (nSPS) is 10.2. The van der Waals surface area contributed by atoms with Crippen molar-refractivity contribution in [2.75, 3.05) is 12.4 Å². The van der Waals surface area contributed by atoms with Crippen LogP contribution in [0.5, 0.6) is 5.75 Å². The molecule has 0 atom stereocenters. The zero-order valence-corrected chi connectivity index (χ0v) is 12.1. The van der Waals surface area contributed by atoms with Crippen molar-refractivity contribution in [1.82, 2.24) is 9.78 Å². The molecule has 18 heavy (non-hydrogen) atoms. The summed E-state index contributed by atoms with van der Waals surface area (Å²) >= 11 is 2.08. The molecule has 0 radical (unpaired) electrons. The summed E-state index contributed by atoms with van der Waals surface area (Å²) in [6.07, 6.45) is 1.65. The smallest absolute Gasteiger partial charge is 0.275 e. The Hall–Kier alpha value is -1.57. The van der Waals surface area contributed by atoms with E-state index in [0.29, 0.717) is 17.1 Å². The van der Waals surface area contributed by atoms with E-state index in [4.69, 9.17) is 4.74 Å². The average Bonchev–Trinajstić information content (AvgIpc) is 2.69. The fourth-order valence-corrected chi connectivity index (χ4v) is 2.31. The monoisotopic (exact) mass is 357 g/mol. The molecule has 94 valence electrons. The molecule has 1 aromatic heterocycles. The molecule has 0 fully saturated rings. The van der Waals surface area contributed by atoms with Gasteiger partial charge in [-0.3, -0.25) is 9.48 Å². The van der Waals surface area contributed by atoms with Crippen LogP contribution in [-0.2, 0) is 7.05 Å². The number of carbonyl (C=O) groups is 1. The zero-order chi connectivity index (χ0) is 13.1. The molecule has 0 spiro atoms. The quantitative estimate of drug-likeness (QED) is 0.858. The van der Waals surface area contributed by atoms with Crippen LogP contribution in [0.25, 0.3) is 0 Å². The fourth-order valence-electron chi connectivity index (χ4n) is 1.60. The molecule has 0 saturated heterocycles. The SMILES string of the molecule is COc1ccccc1NC(=O)c1c(I)cnn1C. The van der Waals surface area contributed by atoms with Crippen LogP contribution < -0.4 is 10.1 Å². The number of rotatable bonds is 3. The number of para-hydroxylation sites is 2. The Labute approximate surface area is 118 Å². The topological polar surface area (TPSA) is 56.1 Å². The minimum absolute atomic E-state index is 0.205. The molecule has 1 N–H and O–H groups in total. The van der Waals surface area contributed by atoms with Crippen LogP contribution in [0.3, 0.4) is 0 Å². The molecule has 2 rings (SSSR count). The van der Waals surface area contributed by atoms with Crippen molar-refractivity contribution in [1.29, 1.82) is 0 Å². The van der Waals surface area contributed by atoms with Crippen molar-refractivity contribution in [3.05, 3.63) is 39.7 Å². The van der Waals surface area contributed by atoms with Gasteiger partial charge in [-0.25, -0.2) is 0 Å². The van der Waals surface area contributed by atoms with Crippen LogP contribution >= 0.6 is 22.6 Å². The Kier molecular flexibility index (Phi) is 3.85. The third-order valence-electron chi connectivity index (χ3n) is 2.46. The highest BCUT2D eigenvalue weighted by atomic mass is 127. The van der Waals surface area contributed by atoms with Gasteiger partial charge in [-0.15, -0.1) is 0 Å². The number of ether oxygens (including phenoxy) is 1. The highest BCUT2D eigenvalue weighted by molar-refractivity contribution is 14.1. The maximum atomic E-state index is 12.2. The first kappa shape index (κ1) is 12.9. The average molecular weight is 357 g/mol. The highest BCUT2D eigenvalue weighted by Crippen LogP contribution is 2.24. The predicted octanol–water partition coefficient (Wildman–Crippen LogP) is 2.29. The lowest BCUT2D eigenvalue weighted by atomic mass is 10.3. The second-order valence-electron chi connectivity index (χ2n) is 3.62. The van der Waals surface area contributed by atoms with E-state index in [9.17, 15) is 4.79 Å². The van der Waals surface area contributed by atoms with E-state index < -0.39 is 0 Å². The second-order valence-corrected chi connectivity index (χ2v) is 4.78. The summed E-state index contributed by atoms with van der Waals surface area (Å²) < 4.78 is 7.54. The Bertz CT molecular complexity index is 561. The number of halogens is 1. The number of benzene rings is 1. The first-order chi connectivity index (χ1) is 8.63. The van der Waals surface area contributed by atoms with Gasteiger partial charge in [-0.05, 0) is 34.7 Å². The van der Waals surface area contributed by atoms with Gasteiger partial charge in [0, 0.05) is 7.05 Å². The molecule has 0 saturated carbocycles. The van der Waals surface area contributed by atoms with Gasteiger partial charge >= 0.3 is 0 Å². The third-order valence-corrected chi connectivity index (χ3v) is 3.25. The minimum atomic E-state index is -0.205. The van der Waals surface area contributed by atoms with E-state index in [-0.39, 0.29) is 5.91 Å². The number of hydrogen-bond acceptors (Lipinski definition) is 3. The van der Waals surface area contributed by atoms with Crippen molar-refractivity contribution in [2.45, 2.75) is 0 Å². The fraction of sp³-hybridized carbons (Fsp3) is 0.167. The molecular weight excluding hydrogens is 345 g/mol. The van der Waals surface area contributed by atoms with Gasteiger partial charge in [0.15, 0.2) is 0 Å². The second kappa shape index (κ2) is 5.38.